The Morgan fingerprint density at radius 1 is 1.06 bits per heavy atom. The highest BCUT2D eigenvalue weighted by Gasteiger charge is 2.22. The Bertz CT molecular complexity index is 848. The van der Waals surface area contributed by atoms with Crippen LogP contribution in [-0.4, -0.2) is 73.8 Å². The molecule has 1 saturated heterocycles. The first-order valence-electron chi connectivity index (χ1n) is 11.7. The van der Waals surface area contributed by atoms with Crippen molar-refractivity contribution in [3.8, 4) is 5.75 Å². The van der Waals surface area contributed by atoms with Crippen LogP contribution in [0, 0.1) is 5.92 Å². The average molecular weight is 438 g/mol. The summed E-state index contributed by atoms with van der Waals surface area (Å²) in [4.78, 5) is 17.8. The summed E-state index contributed by atoms with van der Waals surface area (Å²) in [5.41, 5.74) is 1.16. The van der Waals surface area contributed by atoms with Gasteiger partial charge in [-0.3, -0.25) is 9.89 Å². The predicted molar refractivity (Wildman–Crippen MR) is 128 cm³/mol. The van der Waals surface area contributed by atoms with Crippen LogP contribution in [0.1, 0.15) is 24.8 Å². The maximum absolute atomic E-state index is 6.01. The van der Waals surface area contributed by atoms with Crippen LogP contribution in [0.4, 0.5) is 5.95 Å². The Hall–Kier alpha value is -2.87. The van der Waals surface area contributed by atoms with Crippen LogP contribution in [0.5, 0.6) is 5.75 Å². The highest BCUT2D eigenvalue weighted by Crippen LogP contribution is 2.30. The van der Waals surface area contributed by atoms with Crippen LogP contribution in [0.25, 0.3) is 0 Å². The first kappa shape index (κ1) is 22.3. The SMILES string of the molecule is CN=C(NCCCN1CCN(c2ncccn2)CC1)NCc1ccccc1OCC1CC1. The summed E-state index contributed by atoms with van der Waals surface area (Å²) in [5.74, 6) is 3.39. The molecule has 1 aliphatic heterocycles. The minimum atomic E-state index is 0.698. The lowest BCUT2D eigenvalue weighted by molar-refractivity contribution is 0.254. The third-order valence-corrected chi connectivity index (χ3v) is 5.96. The minimum Gasteiger partial charge on any atom is -0.493 e. The van der Waals surface area contributed by atoms with E-state index in [9.17, 15) is 0 Å². The number of ether oxygens (including phenoxy) is 1. The Morgan fingerprint density at radius 3 is 2.59 bits per heavy atom. The fourth-order valence-electron chi connectivity index (χ4n) is 3.82. The van der Waals surface area contributed by atoms with Crippen molar-refractivity contribution in [3.63, 3.8) is 0 Å². The number of aromatic nitrogens is 2. The lowest BCUT2D eigenvalue weighted by Crippen LogP contribution is -2.47. The van der Waals surface area contributed by atoms with Gasteiger partial charge in [0.2, 0.25) is 5.95 Å². The van der Waals surface area contributed by atoms with Crippen molar-refractivity contribution >= 4 is 11.9 Å². The normalized spacial score (nSPS) is 17.3. The molecule has 1 saturated carbocycles. The molecule has 2 heterocycles. The van der Waals surface area contributed by atoms with Gasteiger partial charge in [-0.2, -0.15) is 0 Å². The number of aliphatic imine (C=N–C) groups is 1. The third-order valence-electron chi connectivity index (χ3n) is 5.96. The number of rotatable bonds is 10. The van der Waals surface area contributed by atoms with Crippen LogP contribution >= 0.6 is 0 Å². The molecule has 0 amide bonds. The minimum absolute atomic E-state index is 0.698. The molecular weight excluding hydrogens is 402 g/mol. The van der Waals surface area contributed by atoms with Crippen LogP contribution in [0.2, 0.25) is 0 Å². The smallest absolute Gasteiger partial charge is 0.225 e. The summed E-state index contributed by atoms with van der Waals surface area (Å²) >= 11 is 0. The van der Waals surface area contributed by atoms with E-state index in [-0.39, 0.29) is 0 Å². The van der Waals surface area contributed by atoms with E-state index in [1.807, 2.05) is 19.2 Å². The van der Waals surface area contributed by atoms with Crippen LogP contribution in [0.3, 0.4) is 0 Å². The fourth-order valence-corrected chi connectivity index (χ4v) is 3.82. The molecule has 1 aliphatic carbocycles. The number of hydrogen-bond donors (Lipinski definition) is 2. The van der Waals surface area contributed by atoms with E-state index < -0.39 is 0 Å². The molecular formula is C24H35N7O. The zero-order valence-corrected chi connectivity index (χ0v) is 19.0. The number of benzene rings is 1. The number of guanidine groups is 1. The molecule has 1 aromatic heterocycles. The van der Waals surface area contributed by atoms with Gasteiger partial charge in [0.15, 0.2) is 5.96 Å². The molecule has 0 spiro atoms. The Labute approximate surface area is 191 Å². The van der Waals surface area contributed by atoms with Crippen LogP contribution in [0.15, 0.2) is 47.7 Å². The van der Waals surface area contributed by atoms with Crippen molar-refractivity contribution in [1.29, 1.82) is 0 Å². The zero-order valence-electron chi connectivity index (χ0n) is 19.0. The third kappa shape index (κ3) is 6.82. The topological polar surface area (TPSA) is 77.9 Å². The second-order valence-corrected chi connectivity index (χ2v) is 8.45. The van der Waals surface area contributed by atoms with Crippen LogP contribution < -0.4 is 20.3 Å². The maximum Gasteiger partial charge on any atom is 0.225 e. The maximum atomic E-state index is 6.01. The van der Waals surface area contributed by atoms with Gasteiger partial charge in [-0.15, -0.1) is 0 Å². The molecule has 0 unspecified atom stereocenters. The predicted octanol–water partition coefficient (Wildman–Crippen LogP) is 2.14. The number of piperazine rings is 1. The average Bonchev–Trinajstić information content (AvgIpc) is 3.68. The van der Waals surface area contributed by atoms with Crippen molar-refractivity contribution in [2.75, 3.05) is 57.8 Å². The van der Waals surface area contributed by atoms with E-state index in [0.29, 0.717) is 6.54 Å². The molecule has 0 atom stereocenters. The molecule has 8 heteroatoms. The van der Waals surface area contributed by atoms with Gasteiger partial charge in [-0.1, -0.05) is 18.2 Å². The summed E-state index contributed by atoms with van der Waals surface area (Å²) in [6.07, 6.45) is 7.29. The monoisotopic (exact) mass is 437 g/mol. The lowest BCUT2D eigenvalue weighted by atomic mass is 10.2. The van der Waals surface area contributed by atoms with E-state index >= 15 is 0 Å². The quantitative estimate of drug-likeness (QED) is 0.335. The zero-order chi connectivity index (χ0) is 22.0. The molecule has 0 radical (unpaired) electrons. The highest BCUT2D eigenvalue weighted by molar-refractivity contribution is 5.79. The van der Waals surface area contributed by atoms with E-state index in [2.05, 4.69) is 53.6 Å². The first-order chi connectivity index (χ1) is 15.8. The number of hydrogen-bond acceptors (Lipinski definition) is 6. The Kier molecular flexibility index (Phi) is 8.14. The molecule has 0 bridgehead atoms. The Balaban J connectivity index is 1.12. The number of para-hydroxylation sites is 1. The fraction of sp³-hybridized carbons (Fsp3) is 0.542. The Morgan fingerprint density at radius 2 is 1.84 bits per heavy atom. The summed E-state index contributed by atoms with van der Waals surface area (Å²) in [5, 5.41) is 6.85. The summed E-state index contributed by atoms with van der Waals surface area (Å²) in [6.45, 7) is 7.53. The van der Waals surface area contributed by atoms with Gasteiger partial charge in [-0.05, 0) is 43.9 Å². The standard InChI is InChI=1S/C24H35N7O/c1-25-23(29-18-21-6-2-3-7-22(21)32-19-20-8-9-20)26-12-5-13-30-14-16-31(17-15-30)24-27-10-4-11-28-24/h2-4,6-7,10-11,20H,5,8-9,12-19H2,1H3,(H2,25,26,29). The largest absolute Gasteiger partial charge is 0.493 e. The summed E-state index contributed by atoms with van der Waals surface area (Å²) in [7, 11) is 1.82. The van der Waals surface area contributed by atoms with Gasteiger partial charge in [0, 0.05) is 64.3 Å². The molecule has 1 aromatic carbocycles. The molecule has 32 heavy (non-hydrogen) atoms. The van der Waals surface area contributed by atoms with Gasteiger partial charge in [0.1, 0.15) is 5.75 Å². The summed E-state index contributed by atoms with van der Waals surface area (Å²) in [6, 6.07) is 10.1. The second kappa shape index (κ2) is 11.7. The molecule has 4 rings (SSSR count). The molecule has 2 aliphatic rings. The molecule has 2 aromatic rings. The van der Waals surface area contributed by atoms with Gasteiger partial charge in [0.25, 0.3) is 0 Å². The first-order valence-corrected chi connectivity index (χ1v) is 11.7. The molecule has 2 N–H and O–H groups in total. The summed E-state index contributed by atoms with van der Waals surface area (Å²) < 4.78 is 6.01. The van der Waals surface area contributed by atoms with Crippen molar-refractivity contribution in [1.82, 2.24) is 25.5 Å². The van der Waals surface area contributed by atoms with E-state index in [1.165, 1.54) is 12.8 Å². The number of nitrogens with one attached hydrogen (secondary N) is 2. The molecule has 172 valence electrons. The number of anilines is 1. The molecule has 2 fully saturated rings. The van der Waals surface area contributed by atoms with Crippen molar-refractivity contribution in [2.24, 2.45) is 10.9 Å². The van der Waals surface area contributed by atoms with E-state index in [0.717, 1.165) is 81.4 Å². The van der Waals surface area contributed by atoms with Crippen molar-refractivity contribution in [3.05, 3.63) is 48.3 Å². The van der Waals surface area contributed by atoms with E-state index in [1.54, 1.807) is 12.4 Å². The van der Waals surface area contributed by atoms with Gasteiger partial charge >= 0.3 is 0 Å². The van der Waals surface area contributed by atoms with Crippen molar-refractivity contribution < 1.29 is 4.74 Å². The molecule has 8 nitrogen and oxygen atoms in total. The van der Waals surface area contributed by atoms with Gasteiger partial charge in [0.05, 0.1) is 6.61 Å². The lowest BCUT2D eigenvalue weighted by Gasteiger charge is -2.34. The second-order valence-electron chi connectivity index (χ2n) is 8.45. The van der Waals surface area contributed by atoms with E-state index in [4.69, 9.17) is 4.74 Å². The van der Waals surface area contributed by atoms with Crippen LogP contribution in [-0.2, 0) is 6.54 Å². The number of nitrogens with zero attached hydrogens (tertiary/aromatic N) is 5. The van der Waals surface area contributed by atoms with Crippen molar-refractivity contribution in [2.45, 2.75) is 25.8 Å². The van der Waals surface area contributed by atoms with Gasteiger partial charge < -0.3 is 20.3 Å². The van der Waals surface area contributed by atoms with Gasteiger partial charge in [-0.25, -0.2) is 9.97 Å². The highest BCUT2D eigenvalue weighted by atomic mass is 16.5.